The Morgan fingerprint density at radius 2 is 1.85 bits per heavy atom. The summed E-state index contributed by atoms with van der Waals surface area (Å²) >= 11 is 0. The van der Waals surface area contributed by atoms with Gasteiger partial charge in [-0.15, -0.1) is 0 Å². The van der Waals surface area contributed by atoms with Crippen LogP contribution in [0.25, 0.3) is 0 Å². The van der Waals surface area contributed by atoms with Crippen LogP contribution in [0.5, 0.6) is 0 Å². The number of nitriles is 1. The van der Waals surface area contributed by atoms with E-state index >= 15 is 0 Å². The van der Waals surface area contributed by atoms with Crippen molar-refractivity contribution in [2.45, 2.75) is 75.5 Å². The zero-order valence-corrected chi connectivity index (χ0v) is 15.7. The predicted molar refractivity (Wildman–Crippen MR) is 95.2 cm³/mol. The van der Waals surface area contributed by atoms with Crippen molar-refractivity contribution in [2.75, 3.05) is 19.7 Å². The van der Waals surface area contributed by atoms with E-state index in [0.29, 0.717) is 12.5 Å². The Morgan fingerprint density at radius 1 is 1.19 bits per heavy atom. The number of likely N-dealkylation sites (tertiary alicyclic amines) is 1. The molecule has 1 heterocycles. The molecule has 27 heavy (non-hydrogen) atoms. The Bertz CT molecular complexity index is 633. The Morgan fingerprint density at radius 3 is 2.44 bits per heavy atom. The van der Waals surface area contributed by atoms with E-state index in [0.717, 1.165) is 38.5 Å². The molecule has 0 aromatic heterocycles. The number of hydrogen-bond donors (Lipinski definition) is 1. The highest BCUT2D eigenvalue weighted by Crippen LogP contribution is 2.53. The smallest absolute Gasteiger partial charge is 0.312 e. The van der Waals surface area contributed by atoms with Gasteiger partial charge in [-0.3, -0.25) is 9.59 Å². The van der Waals surface area contributed by atoms with Crippen molar-refractivity contribution in [1.29, 1.82) is 5.26 Å². The summed E-state index contributed by atoms with van der Waals surface area (Å²) in [7, 11) is 0. The van der Waals surface area contributed by atoms with E-state index in [4.69, 9.17) is 10.00 Å². The van der Waals surface area contributed by atoms with Crippen LogP contribution >= 0.6 is 0 Å². The third kappa shape index (κ3) is 3.69. The topological polar surface area (TPSA) is 82.4 Å². The Hall–Kier alpha value is -1.68. The predicted octanol–water partition coefficient (Wildman–Crippen LogP) is 2.08. The maximum atomic E-state index is 13.5. The number of carbonyl (C=O) groups excluding carboxylic acids is 2. The summed E-state index contributed by atoms with van der Waals surface area (Å²) in [5.41, 5.74) is -0.449. The van der Waals surface area contributed by atoms with Crippen LogP contribution in [0.3, 0.4) is 0 Å². The lowest BCUT2D eigenvalue weighted by molar-refractivity contribution is -0.164. The lowest BCUT2D eigenvalue weighted by atomic mass is 9.57. The van der Waals surface area contributed by atoms with Gasteiger partial charge in [0.2, 0.25) is 5.91 Å². The first kappa shape index (κ1) is 18.7. The summed E-state index contributed by atoms with van der Waals surface area (Å²) in [6.07, 6.45) is 6.31. The number of fused-ring (bicyclic) bond motifs is 3. The molecule has 0 radical (unpaired) electrons. The van der Waals surface area contributed by atoms with Gasteiger partial charge in [-0.1, -0.05) is 0 Å². The second-order valence-corrected chi connectivity index (χ2v) is 8.98. The summed E-state index contributed by atoms with van der Waals surface area (Å²) in [6, 6.07) is 1.37. The number of halogens is 1. The fourth-order valence-corrected chi connectivity index (χ4v) is 4.94. The van der Waals surface area contributed by atoms with Crippen LogP contribution in [-0.4, -0.2) is 54.2 Å². The molecule has 0 aromatic rings. The van der Waals surface area contributed by atoms with Gasteiger partial charge < -0.3 is 15.0 Å². The van der Waals surface area contributed by atoms with Crippen LogP contribution in [0.2, 0.25) is 0 Å². The van der Waals surface area contributed by atoms with Crippen molar-refractivity contribution < 1.29 is 18.7 Å². The molecule has 6 nitrogen and oxygen atoms in total. The first-order valence-electron chi connectivity index (χ1n) is 10.2. The standard InChI is InChI=1S/C20H28FN3O3/c21-15-9-16(10-22)24(12-15)17(25)11-23-20-6-3-19(4-7-20,5-8-20)18(26)27-13-14-1-2-14/h14-16,23H,1-9,11-13H2. The lowest BCUT2D eigenvalue weighted by Gasteiger charge is -2.52. The van der Waals surface area contributed by atoms with Gasteiger partial charge in [0.1, 0.15) is 12.2 Å². The second-order valence-electron chi connectivity index (χ2n) is 8.98. The number of nitrogens with one attached hydrogen (secondary N) is 1. The van der Waals surface area contributed by atoms with Gasteiger partial charge in [0.05, 0.1) is 31.2 Å². The summed E-state index contributed by atoms with van der Waals surface area (Å²) in [4.78, 5) is 26.4. The zero-order chi connectivity index (χ0) is 19.1. The maximum Gasteiger partial charge on any atom is 0.312 e. The normalized spacial score (nSPS) is 37.9. The number of nitrogens with zero attached hydrogens (tertiary/aromatic N) is 2. The minimum Gasteiger partial charge on any atom is -0.465 e. The van der Waals surface area contributed by atoms with Gasteiger partial charge in [0, 0.05) is 12.0 Å². The molecule has 2 unspecified atom stereocenters. The summed E-state index contributed by atoms with van der Waals surface area (Å²) in [5, 5.41) is 12.5. The number of amides is 1. The molecule has 2 bridgehead atoms. The summed E-state index contributed by atoms with van der Waals surface area (Å²) in [5.74, 6) is 0.347. The van der Waals surface area contributed by atoms with E-state index < -0.39 is 12.2 Å². The average molecular weight is 377 g/mol. The van der Waals surface area contributed by atoms with E-state index in [1.54, 1.807) is 0 Å². The van der Waals surface area contributed by atoms with Gasteiger partial charge >= 0.3 is 5.97 Å². The summed E-state index contributed by atoms with van der Waals surface area (Å²) in [6.45, 7) is 0.718. The number of rotatable bonds is 6. The van der Waals surface area contributed by atoms with Crippen LogP contribution in [0, 0.1) is 22.7 Å². The molecule has 5 rings (SSSR count). The van der Waals surface area contributed by atoms with Gasteiger partial charge in [0.15, 0.2) is 0 Å². The quantitative estimate of drug-likeness (QED) is 0.717. The van der Waals surface area contributed by atoms with E-state index in [9.17, 15) is 14.0 Å². The van der Waals surface area contributed by atoms with Crippen molar-refractivity contribution >= 4 is 11.9 Å². The molecule has 4 saturated carbocycles. The Labute approximate surface area is 159 Å². The SMILES string of the molecule is N#CC1CC(F)CN1C(=O)CNC12CCC(C(=O)OCC3CC3)(CC1)CC2. The summed E-state index contributed by atoms with van der Waals surface area (Å²) < 4.78 is 19.1. The monoisotopic (exact) mass is 377 g/mol. The molecule has 0 aromatic carbocycles. The number of ether oxygens (including phenoxy) is 1. The molecule has 1 amide bonds. The van der Waals surface area contributed by atoms with Crippen molar-refractivity contribution in [2.24, 2.45) is 11.3 Å². The van der Waals surface area contributed by atoms with E-state index in [-0.39, 0.29) is 42.3 Å². The average Bonchev–Trinajstić information content (AvgIpc) is 3.45. The molecular formula is C20H28FN3O3. The first-order valence-corrected chi connectivity index (χ1v) is 10.2. The van der Waals surface area contributed by atoms with Crippen molar-refractivity contribution in [3.05, 3.63) is 0 Å². The number of carbonyl (C=O) groups is 2. The fraction of sp³-hybridized carbons (Fsp3) is 0.850. The van der Waals surface area contributed by atoms with Gasteiger partial charge in [-0.2, -0.15) is 5.26 Å². The van der Waals surface area contributed by atoms with Gasteiger partial charge in [-0.25, -0.2) is 4.39 Å². The highest BCUT2D eigenvalue weighted by Gasteiger charge is 2.53. The Balaban J connectivity index is 1.28. The van der Waals surface area contributed by atoms with Crippen molar-refractivity contribution in [1.82, 2.24) is 10.2 Å². The van der Waals surface area contributed by atoms with Crippen LogP contribution in [0.4, 0.5) is 4.39 Å². The molecule has 5 fully saturated rings. The third-order valence-electron chi connectivity index (χ3n) is 7.16. The highest BCUT2D eigenvalue weighted by atomic mass is 19.1. The van der Waals surface area contributed by atoms with Crippen LogP contribution < -0.4 is 5.32 Å². The van der Waals surface area contributed by atoms with Crippen LogP contribution in [0.15, 0.2) is 0 Å². The van der Waals surface area contributed by atoms with E-state index in [1.807, 2.05) is 6.07 Å². The molecule has 4 aliphatic carbocycles. The lowest BCUT2D eigenvalue weighted by Crippen LogP contribution is -2.58. The zero-order valence-electron chi connectivity index (χ0n) is 15.7. The van der Waals surface area contributed by atoms with Crippen LogP contribution in [-0.2, 0) is 14.3 Å². The molecular weight excluding hydrogens is 349 g/mol. The van der Waals surface area contributed by atoms with Crippen molar-refractivity contribution in [3.63, 3.8) is 0 Å². The molecule has 1 saturated heterocycles. The van der Waals surface area contributed by atoms with Gasteiger partial charge in [-0.05, 0) is 57.3 Å². The second kappa shape index (κ2) is 7.05. The molecule has 0 spiro atoms. The minimum absolute atomic E-state index is 0.0156. The fourth-order valence-electron chi connectivity index (χ4n) is 4.94. The molecule has 7 heteroatoms. The molecule has 1 N–H and O–H groups in total. The van der Waals surface area contributed by atoms with Crippen molar-refractivity contribution in [3.8, 4) is 6.07 Å². The number of hydrogen-bond acceptors (Lipinski definition) is 5. The maximum absolute atomic E-state index is 13.5. The first-order chi connectivity index (χ1) is 13.0. The molecule has 1 aliphatic heterocycles. The van der Waals surface area contributed by atoms with E-state index in [1.165, 1.54) is 17.7 Å². The number of esters is 1. The molecule has 148 valence electrons. The minimum atomic E-state index is -1.11. The van der Waals surface area contributed by atoms with E-state index in [2.05, 4.69) is 5.32 Å². The van der Waals surface area contributed by atoms with Crippen LogP contribution in [0.1, 0.15) is 57.8 Å². The molecule has 5 aliphatic rings. The highest BCUT2D eigenvalue weighted by molar-refractivity contribution is 5.80. The number of alkyl halides is 1. The third-order valence-corrected chi connectivity index (χ3v) is 7.16. The van der Waals surface area contributed by atoms with Gasteiger partial charge in [0.25, 0.3) is 0 Å². The molecule has 2 atom stereocenters. The largest absolute Gasteiger partial charge is 0.465 e. The Kier molecular flexibility index (Phi) is 4.87.